The molecule has 0 saturated heterocycles. The van der Waals surface area contributed by atoms with E-state index >= 15 is 0 Å². The number of rotatable bonds is 3. The van der Waals surface area contributed by atoms with E-state index in [0.29, 0.717) is 6.42 Å². The molecule has 1 N–H and O–H groups in total. The van der Waals surface area contributed by atoms with Gasteiger partial charge in [0.2, 0.25) is 0 Å². The van der Waals surface area contributed by atoms with Crippen molar-refractivity contribution in [2.45, 2.75) is 25.9 Å². The summed E-state index contributed by atoms with van der Waals surface area (Å²) in [6, 6.07) is 3.02. The summed E-state index contributed by atoms with van der Waals surface area (Å²) in [5.41, 5.74) is 0.334. The van der Waals surface area contributed by atoms with Gasteiger partial charge < -0.3 is 10.2 Å². The number of carbonyl (C=O) groups is 1. The van der Waals surface area contributed by atoms with Crippen LogP contribution in [0.25, 0.3) is 0 Å². The maximum atomic E-state index is 13.0. The molecule has 19 heavy (non-hydrogen) atoms. The third kappa shape index (κ3) is 3.07. The van der Waals surface area contributed by atoms with Gasteiger partial charge in [0.15, 0.2) is 17.2 Å². The molecule has 6 heteroatoms. The van der Waals surface area contributed by atoms with Crippen molar-refractivity contribution in [1.29, 1.82) is 0 Å². The largest absolute Gasteiger partial charge is 0.387 e. The summed E-state index contributed by atoms with van der Waals surface area (Å²) in [4.78, 5) is 17.0. The Hall–Kier alpha value is -1.98. The maximum Gasteiger partial charge on any atom is 0.251 e. The number of hydrogen-bond acceptors (Lipinski definition) is 3. The molecule has 1 aliphatic rings. The zero-order valence-corrected chi connectivity index (χ0v) is 10.7. The van der Waals surface area contributed by atoms with Gasteiger partial charge >= 0.3 is 0 Å². The molecule has 0 unspecified atom stereocenters. The van der Waals surface area contributed by atoms with Crippen LogP contribution < -0.4 is 5.32 Å². The fraction of sp³-hybridized carbons (Fsp3) is 0.385. The van der Waals surface area contributed by atoms with Crippen LogP contribution in [0.2, 0.25) is 0 Å². The van der Waals surface area contributed by atoms with Crippen molar-refractivity contribution < 1.29 is 18.4 Å². The number of hydrogen-bond donors (Lipinski definition) is 1. The predicted octanol–water partition coefficient (Wildman–Crippen LogP) is 2.25. The topological polar surface area (TPSA) is 50.7 Å². The highest BCUT2D eigenvalue weighted by Gasteiger charge is 2.33. The van der Waals surface area contributed by atoms with Crippen LogP contribution in [0.15, 0.2) is 23.4 Å². The minimum Gasteiger partial charge on any atom is -0.387 e. The first-order chi connectivity index (χ1) is 8.89. The van der Waals surface area contributed by atoms with Gasteiger partial charge in [-0.3, -0.25) is 4.79 Å². The first-order valence-electron chi connectivity index (χ1n) is 5.84. The van der Waals surface area contributed by atoms with Gasteiger partial charge in [-0.1, -0.05) is 5.16 Å². The number of nitrogens with one attached hydrogen (secondary N) is 1. The molecule has 102 valence electrons. The lowest BCUT2D eigenvalue weighted by Gasteiger charge is -2.21. The van der Waals surface area contributed by atoms with Crippen molar-refractivity contribution >= 4 is 11.6 Å². The highest BCUT2D eigenvalue weighted by molar-refractivity contribution is 5.94. The second-order valence-corrected chi connectivity index (χ2v) is 4.86. The van der Waals surface area contributed by atoms with Gasteiger partial charge in [0.1, 0.15) is 0 Å². The van der Waals surface area contributed by atoms with Crippen LogP contribution in [0.5, 0.6) is 0 Å². The quantitative estimate of drug-likeness (QED) is 0.914. The van der Waals surface area contributed by atoms with E-state index in [-0.39, 0.29) is 12.1 Å². The third-order valence-electron chi connectivity index (χ3n) is 2.86. The number of benzene rings is 1. The Morgan fingerprint density at radius 1 is 1.47 bits per heavy atom. The molecule has 4 nitrogen and oxygen atoms in total. The molecule has 0 spiro atoms. The van der Waals surface area contributed by atoms with Crippen LogP contribution in [-0.4, -0.2) is 23.8 Å². The van der Waals surface area contributed by atoms with Crippen molar-refractivity contribution in [3.05, 3.63) is 35.4 Å². The van der Waals surface area contributed by atoms with E-state index in [9.17, 15) is 13.6 Å². The summed E-state index contributed by atoms with van der Waals surface area (Å²) < 4.78 is 25.8. The summed E-state index contributed by atoms with van der Waals surface area (Å²) in [6.07, 6.45) is 0.616. The Bertz CT molecular complexity index is 545. The lowest BCUT2D eigenvalue weighted by molar-refractivity contribution is -0.00182. The Morgan fingerprint density at radius 3 is 2.79 bits per heavy atom. The maximum absolute atomic E-state index is 13.0. The summed E-state index contributed by atoms with van der Waals surface area (Å²) >= 11 is 0. The van der Waals surface area contributed by atoms with Crippen molar-refractivity contribution in [3.8, 4) is 0 Å². The molecule has 0 saturated carbocycles. The standard InChI is InChI=1S/C13H14F2N2O2/c1-8-6-13(2,19-17-8)7-16-12(18)9-3-4-10(14)11(15)5-9/h3-5H,6-7H2,1-2H3,(H,16,18)/t13-/m0/s1. The number of oxime groups is 1. The summed E-state index contributed by atoms with van der Waals surface area (Å²) in [7, 11) is 0. The molecule has 1 aromatic carbocycles. The number of amides is 1. The van der Waals surface area contributed by atoms with Crippen LogP contribution in [-0.2, 0) is 4.84 Å². The molecule has 2 rings (SSSR count). The van der Waals surface area contributed by atoms with Crippen LogP contribution in [0.1, 0.15) is 30.6 Å². The van der Waals surface area contributed by atoms with E-state index in [1.165, 1.54) is 6.07 Å². The van der Waals surface area contributed by atoms with Crippen LogP contribution in [0.4, 0.5) is 8.78 Å². The zero-order valence-electron chi connectivity index (χ0n) is 10.7. The van der Waals surface area contributed by atoms with E-state index in [1.807, 2.05) is 13.8 Å². The molecule has 0 aromatic heterocycles. The van der Waals surface area contributed by atoms with Crippen LogP contribution in [0.3, 0.4) is 0 Å². The lowest BCUT2D eigenvalue weighted by atomic mass is 10.0. The molecule has 1 aromatic rings. The van der Waals surface area contributed by atoms with Crippen LogP contribution >= 0.6 is 0 Å². The van der Waals surface area contributed by atoms with Gasteiger partial charge in [0.25, 0.3) is 5.91 Å². The van der Waals surface area contributed by atoms with Crippen molar-refractivity contribution in [2.24, 2.45) is 5.16 Å². The Morgan fingerprint density at radius 2 is 2.21 bits per heavy atom. The molecule has 0 fully saturated rings. The van der Waals surface area contributed by atoms with Crippen molar-refractivity contribution in [2.75, 3.05) is 6.54 Å². The lowest BCUT2D eigenvalue weighted by Crippen LogP contribution is -2.40. The molecular formula is C13H14F2N2O2. The van der Waals surface area contributed by atoms with E-state index in [4.69, 9.17) is 4.84 Å². The average molecular weight is 268 g/mol. The third-order valence-corrected chi connectivity index (χ3v) is 2.86. The van der Waals surface area contributed by atoms with Gasteiger partial charge in [-0.05, 0) is 32.0 Å². The Balaban J connectivity index is 1.96. The molecule has 0 bridgehead atoms. The summed E-state index contributed by atoms with van der Waals surface area (Å²) in [6.45, 7) is 3.90. The van der Waals surface area contributed by atoms with Crippen molar-refractivity contribution in [1.82, 2.24) is 5.32 Å². The monoisotopic (exact) mass is 268 g/mol. The van der Waals surface area contributed by atoms with Gasteiger partial charge in [-0.2, -0.15) is 0 Å². The second kappa shape index (κ2) is 4.95. The molecule has 1 heterocycles. The minimum atomic E-state index is -1.05. The summed E-state index contributed by atoms with van der Waals surface area (Å²) in [5, 5.41) is 6.44. The average Bonchev–Trinajstić information content (AvgIpc) is 2.70. The summed E-state index contributed by atoms with van der Waals surface area (Å²) in [5.74, 6) is -2.50. The zero-order chi connectivity index (χ0) is 14.0. The smallest absolute Gasteiger partial charge is 0.251 e. The number of halogens is 2. The van der Waals surface area contributed by atoms with Crippen molar-refractivity contribution in [3.63, 3.8) is 0 Å². The SMILES string of the molecule is CC1=NO[C@](C)(CNC(=O)c2ccc(F)c(F)c2)C1. The fourth-order valence-corrected chi connectivity index (χ4v) is 1.90. The molecule has 1 atom stereocenters. The van der Waals surface area contributed by atoms with E-state index < -0.39 is 23.1 Å². The molecule has 1 aliphatic heterocycles. The minimum absolute atomic E-state index is 0.0677. The van der Waals surface area contributed by atoms with E-state index in [0.717, 1.165) is 17.8 Å². The fourth-order valence-electron chi connectivity index (χ4n) is 1.90. The first-order valence-corrected chi connectivity index (χ1v) is 5.84. The molecular weight excluding hydrogens is 254 g/mol. The highest BCUT2D eigenvalue weighted by Crippen LogP contribution is 2.22. The van der Waals surface area contributed by atoms with Gasteiger partial charge in [-0.15, -0.1) is 0 Å². The molecule has 0 aliphatic carbocycles. The van der Waals surface area contributed by atoms with Gasteiger partial charge in [0.05, 0.1) is 12.3 Å². The predicted molar refractivity (Wildman–Crippen MR) is 65.9 cm³/mol. The van der Waals surface area contributed by atoms with Gasteiger partial charge in [0, 0.05) is 12.0 Å². The highest BCUT2D eigenvalue weighted by atomic mass is 19.2. The van der Waals surface area contributed by atoms with Gasteiger partial charge in [-0.25, -0.2) is 8.78 Å². The number of nitrogens with zero attached hydrogens (tertiary/aromatic N) is 1. The number of carbonyl (C=O) groups excluding carboxylic acids is 1. The van der Waals surface area contributed by atoms with E-state index in [1.54, 1.807) is 0 Å². The second-order valence-electron chi connectivity index (χ2n) is 4.86. The van der Waals surface area contributed by atoms with E-state index in [2.05, 4.69) is 10.5 Å². The molecule has 0 radical (unpaired) electrons. The first kappa shape index (κ1) is 13.5. The Kier molecular flexibility index (Phi) is 3.50. The van der Waals surface area contributed by atoms with Crippen LogP contribution in [0, 0.1) is 11.6 Å². The Labute approximate surface area is 109 Å². The molecule has 1 amide bonds. The normalized spacial score (nSPS) is 21.8.